The van der Waals surface area contributed by atoms with Crippen LogP contribution in [0.4, 0.5) is 11.4 Å². The Morgan fingerprint density at radius 2 is 1.50 bits per heavy atom. The van der Waals surface area contributed by atoms with Crippen LogP contribution < -0.4 is 10.6 Å². The van der Waals surface area contributed by atoms with E-state index in [9.17, 15) is 9.59 Å². The molecule has 0 heterocycles. The molecule has 0 aliphatic heterocycles. The summed E-state index contributed by atoms with van der Waals surface area (Å²) in [6.07, 6.45) is -0.334. The summed E-state index contributed by atoms with van der Waals surface area (Å²) in [4.78, 5) is 23.8. The zero-order valence-corrected chi connectivity index (χ0v) is 13.0. The summed E-state index contributed by atoms with van der Waals surface area (Å²) in [5, 5.41) is 22.8. The molecule has 24 heavy (non-hydrogen) atoms. The minimum Gasteiger partial charge on any atom is -0.326 e. The van der Waals surface area contributed by atoms with Crippen molar-refractivity contribution in [1.82, 2.24) is 0 Å². The maximum Gasteiger partial charge on any atom is 0.233 e. The number of nitriles is 2. The predicted molar refractivity (Wildman–Crippen MR) is 88.9 cm³/mol. The Kier molecular flexibility index (Phi) is 5.28. The van der Waals surface area contributed by atoms with Gasteiger partial charge in [-0.2, -0.15) is 10.5 Å². The van der Waals surface area contributed by atoms with E-state index in [0.29, 0.717) is 22.5 Å². The smallest absolute Gasteiger partial charge is 0.233 e. The fourth-order valence-electron chi connectivity index (χ4n) is 2.05. The molecule has 0 aliphatic rings. The molecule has 6 nitrogen and oxygen atoms in total. The van der Waals surface area contributed by atoms with E-state index in [2.05, 4.69) is 10.6 Å². The normalized spacial score (nSPS) is 9.46. The summed E-state index contributed by atoms with van der Waals surface area (Å²) in [7, 11) is 0. The largest absolute Gasteiger partial charge is 0.326 e. The highest BCUT2D eigenvalue weighted by Gasteiger charge is 2.11. The lowest BCUT2D eigenvalue weighted by molar-refractivity contribution is -0.123. The summed E-state index contributed by atoms with van der Waals surface area (Å²) < 4.78 is 0. The van der Waals surface area contributed by atoms with Crippen LogP contribution in [0.25, 0.3) is 0 Å². The molecule has 2 aromatic rings. The van der Waals surface area contributed by atoms with E-state index >= 15 is 0 Å². The van der Waals surface area contributed by atoms with Crippen molar-refractivity contribution in [2.45, 2.75) is 13.3 Å². The SMILES string of the molecule is Cc1cc(C#N)ccc1NC(=O)CC(=O)Nc1ccc(C#N)cc1. The van der Waals surface area contributed by atoms with Gasteiger partial charge in [0.2, 0.25) is 11.8 Å². The van der Waals surface area contributed by atoms with Gasteiger partial charge in [-0.3, -0.25) is 9.59 Å². The molecule has 2 N–H and O–H groups in total. The van der Waals surface area contributed by atoms with Crippen molar-refractivity contribution in [2.75, 3.05) is 10.6 Å². The highest BCUT2D eigenvalue weighted by molar-refractivity contribution is 6.08. The number of benzene rings is 2. The van der Waals surface area contributed by atoms with Crippen LogP contribution in [0.5, 0.6) is 0 Å². The topological polar surface area (TPSA) is 106 Å². The second kappa shape index (κ2) is 7.57. The van der Waals surface area contributed by atoms with Crippen molar-refractivity contribution in [3.05, 3.63) is 59.2 Å². The highest BCUT2D eigenvalue weighted by Crippen LogP contribution is 2.16. The Balaban J connectivity index is 1.93. The molecule has 2 aromatic carbocycles. The predicted octanol–water partition coefficient (Wildman–Crippen LogP) is 2.71. The van der Waals surface area contributed by atoms with E-state index < -0.39 is 11.8 Å². The van der Waals surface area contributed by atoms with Gasteiger partial charge in [-0.05, 0) is 55.0 Å². The molecule has 0 atom stereocenters. The monoisotopic (exact) mass is 318 g/mol. The van der Waals surface area contributed by atoms with Crippen molar-refractivity contribution in [3.8, 4) is 12.1 Å². The molecular formula is C18H14N4O2. The number of nitrogens with one attached hydrogen (secondary N) is 2. The fourth-order valence-corrected chi connectivity index (χ4v) is 2.05. The summed E-state index contributed by atoms with van der Waals surface area (Å²) >= 11 is 0. The average Bonchev–Trinajstić information content (AvgIpc) is 2.57. The van der Waals surface area contributed by atoms with Crippen LogP contribution in [0.15, 0.2) is 42.5 Å². The van der Waals surface area contributed by atoms with E-state index in [1.54, 1.807) is 49.4 Å². The van der Waals surface area contributed by atoms with Crippen LogP contribution in [-0.4, -0.2) is 11.8 Å². The third-order valence-corrected chi connectivity index (χ3v) is 3.25. The van der Waals surface area contributed by atoms with E-state index in [-0.39, 0.29) is 6.42 Å². The minimum absolute atomic E-state index is 0.334. The van der Waals surface area contributed by atoms with Gasteiger partial charge in [0.05, 0.1) is 23.3 Å². The van der Waals surface area contributed by atoms with Gasteiger partial charge in [0.25, 0.3) is 0 Å². The lowest BCUT2D eigenvalue weighted by Gasteiger charge is -2.09. The molecule has 0 radical (unpaired) electrons. The van der Waals surface area contributed by atoms with Crippen LogP contribution in [0.3, 0.4) is 0 Å². The molecular weight excluding hydrogens is 304 g/mol. The summed E-state index contributed by atoms with van der Waals surface area (Å²) in [6.45, 7) is 1.77. The highest BCUT2D eigenvalue weighted by atomic mass is 16.2. The van der Waals surface area contributed by atoms with Gasteiger partial charge < -0.3 is 10.6 Å². The number of nitrogens with zero attached hydrogens (tertiary/aromatic N) is 2. The third kappa shape index (κ3) is 4.43. The molecule has 6 heteroatoms. The molecule has 2 amide bonds. The number of amides is 2. The molecule has 0 aromatic heterocycles. The lowest BCUT2D eigenvalue weighted by Crippen LogP contribution is -2.21. The van der Waals surface area contributed by atoms with Crippen LogP contribution in [-0.2, 0) is 9.59 Å². The maximum atomic E-state index is 11.9. The van der Waals surface area contributed by atoms with Crippen molar-refractivity contribution in [2.24, 2.45) is 0 Å². The van der Waals surface area contributed by atoms with Crippen molar-refractivity contribution < 1.29 is 9.59 Å². The van der Waals surface area contributed by atoms with Gasteiger partial charge >= 0.3 is 0 Å². The summed E-state index contributed by atoms with van der Waals surface area (Å²) in [6, 6.07) is 15.2. The van der Waals surface area contributed by atoms with Gasteiger partial charge in [-0.1, -0.05) is 0 Å². The molecule has 2 rings (SSSR count). The number of aryl methyl sites for hydroxylation is 1. The quantitative estimate of drug-likeness (QED) is 0.845. The molecule has 0 bridgehead atoms. The molecule has 0 saturated carbocycles. The van der Waals surface area contributed by atoms with Crippen LogP contribution in [0.2, 0.25) is 0 Å². The number of hydrogen-bond acceptors (Lipinski definition) is 4. The van der Waals surface area contributed by atoms with Crippen LogP contribution in [0.1, 0.15) is 23.1 Å². The Morgan fingerprint density at radius 1 is 0.917 bits per heavy atom. The van der Waals surface area contributed by atoms with E-state index in [4.69, 9.17) is 10.5 Å². The number of anilines is 2. The van der Waals surface area contributed by atoms with Crippen LogP contribution >= 0.6 is 0 Å². The Labute approximate surface area is 139 Å². The van der Waals surface area contributed by atoms with Gasteiger partial charge in [0.15, 0.2) is 0 Å². The first-order chi connectivity index (χ1) is 11.5. The average molecular weight is 318 g/mol. The molecule has 0 saturated heterocycles. The molecule has 118 valence electrons. The summed E-state index contributed by atoms with van der Waals surface area (Å²) in [5.74, 6) is -0.905. The van der Waals surface area contributed by atoms with Gasteiger partial charge in [-0.15, -0.1) is 0 Å². The molecule has 0 unspecified atom stereocenters. The van der Waals surface area contributed by atoms with Crippen molar-refractivity contribution in [3.63, 3.8) is 0 Å². The van der Waals surface area contributed by atoms with Gasteiger partial charge in [0, 0.05) is 11.4 Å². The number of carbonyl (C=O) groups excluding carboxylic acids is 2. The third-order valence-electron chi connectivity index (χ3n) is 3.25. The Hall–Kier alpha value is -3.64. The van der Waals surface area contributed by atoms with Gasteiger partial charge in [-0.25, -0.2) is 0 Å². The second-order valence-corrected chi connectivity index (χ2v) is 5.10. The fraction of sp³-hybridized carbons (Fsp3) is 0.111. The molecule has 0 fully saturated rings. The van der Waals surface area contributed by atoms with Crippen molar-refractivity contribution in [1.29, 1.82) is 10.5 Å². The number of carbonyl (C=O) groups is 2. The first kappa shape index (κ1) is 16.7. The van der Waals surface area contributed by atoms with E-state index in [1.807, 2.05) is 12.1 Å². The lowest BCUT2D eigenvalue weighted by atomic mass is 10.1. The van der Waals surface area contributed by atoms with Gasteiger partial charge in [0.1, 0.15) is 6.42 Å². The maximum absolute atomic E-state index is 11.9. The first-order valence-corrected chi connectivity index (χ1v) is 7.12. The van der Waals surface area contributed by atoms with E-state index in [0.717, 1.165) is 5.56 Å². The zero-order valence-electron chi connectivity index (χ0n) is 13.0. The first-order valence-electron chi connectivity index (χ1n) is 7.12. The Bertz CT molecular complexity index is 858. The standard InChI is InChI=1S/C18H14N4O2/c1-12-8-14(11-20)4-7-16(12)22-18(24)9-17(23)21-15-5-2-13(10-19)3-6-15/h2-8H,9H2,1H3,(H,21,23)(H,22,24). The molecule has 0 spiro atoms. The minimum atomic E-state index is -0.455. The number of hydrogen-bond donors (Lipinski definition) is 2. The van der Waals surface area contributed by atoms with Crippen molar-refractivity contribution >= 4 is 23.2 Å². The Morgan fingerprint density at radius 3 is 2.08 bits per heavy atom. The van der Waals surface area contributed by atoms with Crippen LogP contribution in [0, 0.1) is 29.6 Å². The summed E-state index contributed by atoms with van der Waals surface area (Å²) in [5.41, 5.74) is 2.81. The zero-order chi connectivity index (χ0) is 17.5. The number of rotatable bonds is 4. The molecule has 0 aliphatic carbocycles. The van der Waals surface area contributed by atoms with E-state index in [1.165, 1.54) is 0 Å². The second-order valence-electron chi connectivity index (χ2n) is 5.10.